The number of nitrogens with two attached hydrogens (primary N) is 2. The van der Waals surface area contributed by atoms with Gasteiger partial charge < -0.3 is 11.5 Å². The lowest BCUT2D eigenvalue weighted by atomic mass is 10.5. The Labute approximate surface area is 84.0 Å². The molecule has 0 saturated carbocycles. The van der Waals surface area contributed by atoms with Crippen molar-refractivity contribution >= 4 is 16.0 Å². The number of amides is 1. The lowest BCUT2D eigenvalue weighted by Gasteiger charge is -1.96. The van der Waals surface area contributed by atoms with Gasteiger partial charge >= 0.3 is 0 Å². The van der Waals surface area contributed by atoms with E-state index in [1.54, 1.807) is 0 Å². The maximum Gasteiger partial charge on any atom is 0.267 e. The van der Waals surface area contributed by atoms with Gasteiger partial charge in [0.15, 0.2) is 0 Å². The van der Waals surface area contributed by atoms with Gasteiger partial charge in [-0.25, -0.2) is 0 Å². The molecule has 0 heterocycles. The van der Waals surface area contributed by atoms with Crippen molar-refractivity contribution in [2.24, 2.45) is 11.5 Å². The minimum absolute atomic E-state index is 0.0139. The predicted octanol–water partition coefficient (Wildman–Crippen LogP) is -1.03. The molecular formula is C7H16N2O4S. The zero-order valence-corrected chi connectivity index (χ0v) is 8.92. The van der Waals surface area contributed by atoms with Crippen LogP contribution in [0.1, 0.15) is 6.42 Å². The Hall–Kier alpha value is -0.920. The standard InChI is InChI=1S/C4H11NO3S.C3H5NO/c1-8-9(6,7)4-2-3-5;1-2-3(4)5/h2-5H2,1H3;2H,1H2,(H2,4,5). The molecule has 0 rings (SSSR count). The highest BCUT2D eigenvalue weighted by Crippen LogP contribution is 1.91. The van der Waals surface area contributed by atoms with E-state index in [9.17, 15) is 13.2 Å². The number of carbonyl (C=O) groups is 1. The minimum atomic E-state index is -3.26. The van der Waals surface area contributed by atoms with E-state index in [1.165, 1.54) is 0 Å². The molecule has 0 atom stereocenters. The van der Waals surface area contributed by atoms with E-state index in [4.69, 9.17) is 5.73 Å². The van der Waals surface area contributed by atoms with Crippen molar-refractivity contribution in [2.75, 3.05) is 19.4 Å². The Balaban J connectivity index is 0. The molecule has 7 heteroatoms. The van der Waals surface area contributed by atoms with Crippen molar-refractivity contribution in [3.05, 3.63) is 12.7 Å². The summed E-state index contributed by atoms with van der Waals surface area (Å²) in [5.74, 6) is -0.468. The van der Waals surface area contributed by atoms with Gasteiger partial charge in [-0.3, -0.25) is 8.98 Å². The average molecular weight is 224 g/mol. The molecule has 0 aliphatic heterocycles. The molecular weight excluding hydrogens is 208 g/mol. The molecule has 0 saturated heterocycles. The second-order valence-corrected chi connectivity index (χ2v) is 4.03. The van der Waals surface area contributed by atoms with Crippen LogP contribution < -0.4 is 11.5 Å². The van der Waals surface area contributed by atoms with Crippen LogP contribution >= 0.6 is 0 Å². The van der Waals surface area contributed by atoms with Gasteiger partial charge in [-0.1, -0.05) is 6.58 Å². The lowest BCUT2D eigenvalue weighted by molar-refractivity contribution is -0.113. The van der Waals surface area contributed by atoms with Crippen molar-refractivity contribution in [1.82, 2.24) is 0 Å². The monoisotopic (exact) mass is 224 g/mol. The largest absolute Gasteiger partial charge is 0.366 e. The highest BCUT2D eigenvalue weighted by Gasteiger charge is 2.05. The Morgan fingerprint density at radius 3 is 2.21 bits per heavy atom. The van der Waals surface area contributed by atoms with E-state index >= 15 is 0 Å². The summed E-state index contributed by atoms with van der Waals surface area (Å²) < 4.78 is 25.1. The summed E-state index contributed by atoms with van der Waals surface area (Å²) in [4.78, 5) is 9.47. The molecule has 0 aromatic rings. The maximum absolute atomic E-state index is 10.5. The van der Waals surface area contributed by atoms with E-state index in [-0.39, 0.29) is 5.75 Å². The van der Waals surface area contributed by atoms with Crippen molar-refractivity contribution in [2.45, 2.75) is 6.42 Å². The fourth-order valence-electron chi connectivity index (χ4n) is 0.343. The zero-order chi connectivity index (χ0) is 11.6. The quantitative estimate of drug-likeness (QED) is 0.458. The Kier molecular flexibility index (Phi) is 9.63. The molecule has 14 heavy (non-hydrogen) atoms. The molecule has 1 amide bonds. The van der Waals surface area contributed by atoms with Gasteiger partial charge in [0.1, 0.15) is 0 Å². The van der Waals surface area contributed by atoms with Gasteiger partial charge in [0.2, 0.25) is 5.91 Å². The molecule has 0 aromatic carbocycles. The van der Waals surface area contributed by atoms with Crippen LogP contribution in [0, 0.1) is 0 Å². The van der Waals surface area contributed by atoms with E-state index in [0.29, 0.717) is 13.0 Å². The Bertz CT molecular complexity index is 261. The first-order valence-corrected chi connectivity index (χ1v) is 5.37. The van der Waals surface area contributed by atoms with Crippen LogP contribution in [0.3, 0.4) is 0 Å². The molecule has 0 bridgehead atoms. The van der Waals surface area contributed by atoms with Gasteiger partial charge in [-0.05, 0) is 19.0 Å². The van der Waals surface area contributed by atoms with Crippen molar-refractivity contribution in [3.8, 4) is 0 Å². The summed E-state index contributed by atoms with van der Waals surface area (Å²) in [5.41, 5.74) is 9.61. The summed E-state index contributed by atoms with van der Waals surface area (Å²) in [6.45, 7) is 3.46. The summed E-state index contributed by atoms with van der Waals surface area (Å²) in [5, 5.41) is 0. The van der Waals surface area contributed by atoms with Crippen LogP contribution in [0.4, 0.5) is 0 Å². The predicted molar refractivity (Wildman–Crippen MR) is 53.9 cm³/mol. The van der Waals surface area contributed by atoms with Crippen LogP contribution in [0.15, 0.2) is 12.7 Å². The molecule has 84 valence electrons. The van der Waals surface area contributed by atoms with E-state index in [0.717, 1.165) is 13.2 Å². The normalized spacial score (nSPS) is 9.86. The summed E-state index contributed by atoms with van der Waals surface area (Å²) >= 11 is 0. The Morgan fingerprint density at radius 2 is 2.00 bits per heavy atom. The van der Waals surface area contributed by atoms with Gasteiger partial charge in [0.25, 0.3) is 10.1 Å². The van der Waals surface area contributed by atoms with Gasteiger partial charge in [-0.15, -0.1) is 0 Å². The highest BCUT2D eigenvalue weighted by molar-refractivity contribution is 7.86. The van der Waals surface area contributed by atoms with Gasteiger partial charge in [0.05, 0.1) is 12.9 Å². The van der Waals surface area contributed by atoms with Crippen molar-refractivity contribution in [1.29, 1.82) is 0 Å². The summed E-state index contributed by atoms with van der Waals surface area (Å²) in [6.07, 6.45) is 1.51. The lowest BCUT2D eigenvalue weighted by Crippen LogP contribution is -2.11. The maximum atomic E-state index is 10.5. The van der Waals surface area contributed by atoms with Gasteiger partial charge in [0, 0.05) is 0 Å². The number of rotatable bonds is 5. The SMILES string of the molecule is C=CC(N)=O.COS(=O)(=O)CCCN. The molecule has 0 aliphatic rings. The molecule has 6 nitrogen and oxygen atoms in total. The molecule has 0 aliphatic carbocycles. The topological polar surface area (TPSA) is 112 Å². The third kappa shape index (κ3) is 13.7. The fraction of sp³-hybridized carbons (Fsp3) is 0.571. The number of primary amides is 1. The van der Waals surface area contributed by atoms with Crippen LogP contribution in [-0.2, 0) is 19.1 Å². The summed E-state index contributed by atoms with van der Waals surface area (Å²) in [6, 6.07) is 0. The molecule has 0 aromatic heterocycles. The van der Waals surface area contributed by atoms with Crippen LogP contribution in [-0.4, -0.2) is 33.7 Å². The first kappa shape index (κ1) is 15.5. The molecule has 0 radical (unpaired) electrons. The highest BCUT2D eigenvalue weighted by atomic mass is 32.2. The van der Waals surface area contributed by atoms with Crippen LogP contribution in [0.25, 0.3) is 0 Å². The second-order valence-electron chi connectivity index (χ2n) is 2.18. The molecule has 0 unspecified atom stereocenters. The van der Waals surface area contributed by atoms with Gasteiger partial charge in [-0.2, -0.15) is 8.42 Å². The number of carbonyl (C=O) groups excluding carboxylic acids is 1. The zero-order valence-electron chi connectivity index (χ0n) is 8.10. The third-order valence-corrected chi connectivity index (χ3v) is 2.35. The van der Waals surface area contributed by atoms with E-state index < -0.39 is 16.0 Å². The average Bonchev–Trinajstić information content (AvgIpc) is 2.16. The second kappa shape index (κ2) is 8.67. The summed E-state index contributed by atoms with van der Waals surface area (Å²) in [7, 11) is -2.12. The first-order valence-electron chi connectivity index (χ1n) is 3.79. The van der Waals surface area contributed by atoms with Crippen molar-refractivity contribution in [3.63, 3.8) is 0 Å². The first-order chi connectivity index (χ1) is 6.39. The molecule has 0 spiro atoms. The minimum Gasteiger partial charge on any atom is -0.366 e. The molecule has 0 fully saturated rings. The number of hydrogen-bond donors (Lipinski definition) is 2. The fourth-order valence-corrected chi connectivity index (χ4v) is 1.03. The number of hydrogen-bond acceptors (Lipinski definition) is 5. The Morgan fingerprint density at radius 1 is 1.57 bits per heavy atom. The van der Waals surface area contributed by atoms with Crippen LogP contribution in [0.5, 0.6) is 0 Å². The van der Waals surface area contributed by atoms with E-state index in [2.05, 4.69) is 16.5 Å². The van der Waals surface area contributed by atoms with Crippen molar-refractivity contribution < 1.29 is 17.4 Å². The third-order valence-electron chi connectivity index (χ3n) is 1.05. The molecule has 4 N–H and O–H groups in total. The smallest absolute Gasteiger partial charge is 0.267 e. The van der Waals surface area contributed by atoms with E-state index in [1.807, 2.05) is 0 Å². The van der Waals surface area contributed by atoms with Crippen LogP contribution in [0.2, 0.25) is 0 Å².